The van der Waals surface area contributed by atoms with Crippen molar-refractivity contribution in [1.29, 1.82) is 0 Å². The zero-order chi connectivity index (χ0) is 16.5. The molecule has 0 saturated heterocycles. The van der Waals surface area contributed by atoms with Crippen LogP contribution in [-0.2, 0) is 4.79 Å². The molecule has 1 amide bonds. The Labute approximate surface area is 145 Å². The van der Waals surface area contributed by atoms with Crippen LogP contribution in [0.5, 0.6) is 5.75 Å². The predicted molar refractivity (Wildman–Crippen MR) is 98.7 cm³/mol. The maximum absolute atomic E-state index is 12.0. The van der Waals surface area contributed by atoms with E-state index in [1.807, 2.05) is 48.5 Å². The zero-order valence-electron chi connectivity index (χ0n) is 13.1. The molecule has 0 bridgehead atoms. The quantitative estimate of drug-likeness (QED) is 0.529. The van der Waals surface area contributed by atoms with Crippen molar-refractivity contribution in [2.45, 2.75) is 19.8 Å². The Balaban J connectivity index is 1.98. The highest BCUT2D eigenvalue weighted by Crippen LogP contribution is 2.20. The average Bonchev–Trinajstić information content (AvgIpc) is 2.56. The normalized spacial score (nSPS) is 10.7. The molecule has 1 N–H and O–H groups in total. The van der Waals surface area contributed by atoms with Crippen LogP contribution < -0.4 is 10.1 Å². The van der Waals surface area contributed by atoms with Gasteiger partial charge >= 0.3 is 0 Å². The van der Waals surface area contributed by atoms with Gasteiger partial charge in [0.05, 0.1) is 6.61 Å². The summed E-state index contributed by atoms with van der Waals surface area (Å²) in [7, 11) is 0. The lowest BCUT2D eigenvalue weighted by molar-refractivity contribution is -0.111. The molecule has 0 saturated carbocycles. The third-order valence-electron chi connectivity index (χ3n) is 3.20. The molecule has 120 valence electrons. The topological polar surface area (TPSA) is 38.3 Å². The first-order chi connectivity index (χ1) is 11.2. The molecule has 0 atom stereocenters. The summed E-state index contributed by atoms with van der Waals surface area (Å²) in [5, 5.41) is 2.82. The van der Waals surface area contributed by atoms with Gasteiger partial charge in [-0.2, -0.15) is 0 Å². The van der Waals surface area contributed by atoms with Crippen LogP contribution in [0.15, 0.2) is 59.1 Å². The standard InChI is InChI=1S/C19H20BrNO2/c1-2-3-14-23-18-7-5-4-6-15(18)8-13-19(22)21-17-11-9-16(20)10-12-17/h4-13H,2-3,14H2,1H3,(H,21,22). The summed E-state index contributed by atoms with van der Waals surface area (Å²) in [6, 6.07) is 15.2. The van der Waals surface area contributed by atoms with E-state index in [1.165, 1.54) is 6.08 Å². The van der Waals surface area contributed by atoms with Gasteiger partial charge < -0.3 is 10.1 Å². The van der Waals surface area contributed by atoms with Crippen molar-refractivity contribution in [3.63, 3.8) is 0 Å². The minimum Gasteiger partial charge on any atom is -0.493 e. The van der Waals surface area contributed by atoms with Crippen LogP contribution in [-0.4, -0.2) is 12.5 Å². The minimum absolute atomic E-state index is 0.171. The van der Waals surface area contributed by atoms with Gasteiger partial charge in [-0.25, -0.2) is 0 Å². The predicted octanol–water partition coefficient (Wildman–Crippen LogP) is 5.28. The van der Waals surface area contributed by atoms with Crippen molar-refractivity contribution in [3.8, 4) is 5.75 Å². The molecule has 2 aromatic rings. The van der Waals surface area contributed by atoms with E-state index in [-0.39, 0.29) is 5.91 Å². The van der Waals surface area contributed by atoms with Crippen LogP contribution in [0.3, 0.4) is 0 Å². The molecule has 2 rings (SSSR count). The van der Waals surface area contributed by atoms with Gasteiger partial charge in [0.2, 0.25) is 5.91 Å². The summed E-state index contributed by atoms with van der Waals surface area (Å²) in [5.41, 5.74) is 1.66. The number of halogens is 1. The summed E-state index contributed by atoms with van der Waals surface area (Å²) in [6.07, 6.45) is 5.40. The summed E-state index contributed by atoms with van der Waals surface area (Å²) in [5.74, 6) is 0.629. The Bertz CT molecular complexity index is 665. The molecule has 2 aromatic carbocycles. The lowest BCUT2D eigenvalue weighted by Gasteiger charge is -2.08. The Morgan fingerprint density at radius 2 is 1.91 bits per heavy atom. The Morgan fingerprint density at radius 3 is 2.65 bits per heavy atom. The lowest BCUT2D eigenvalue weighted by atomic mass is 10.2. The van der Waals surface area contributed by atoms with Crippen molar-refractivity contribution in [1.82, 2.24) is 0 Å². The molecular weight excluding hydrogens is 354 g/mol. The second-order valence-electron chi connectivity index (χ2n) is 5.07. The van der Waals surface area contributed by atoms with Crippen molar-refractivity contribution in [3.05, 3.63) is 64.6 Å². The number of hydrogen-bond donors (Lipinski definition) is 1. The van der Waals surface area contributed by atoms with E-state index in [4.69, 9.17) is 4.74 Å². The fourth-order valence-corrected chi connectivity index (χ4v) is 2.22. The van der Waals surface area contributed by atoms with E-state index < -0.39 is 0 Å². The van der Waals surface area contributed by atoms with Crippen LogP contribution in [0.1, 0.15) is 25.3 Å². The molecule has 23 heavy (non-hydrogen) atoms. The molecule has 0 radical (unpaired) electrons. The minimum atomic E-state index is -0.171. The zero-order valence-corrected chi connectivity index (χ0v) is 14.7. The van der Waals surface area contributed by atoms with Gasteiger partial charge in [0.1, 0.15) is 5.75 Å². The van der Waals surface area contributed by atoms with E-state index in [2.05, 4.69) is 28.2 Å². The third kappa shape index (κ3) is 5.91. The van der Waals surface area contributed by atoms with Crippen LogP contribution in [0.2, 0.25) is 0 Å². The monoisotopic (exact) mass is 373 g/mol. The van der Waals surface area contributed by atoms with E-state index in [9.17, 15) is 4.79 Å². The van der Waals surface area contributed by atoms with Gasteiger partial charge in [-0.15, -0.1) is 0 Å². The molecular formula is C19H20BrNO2. The first-order valence-electron chi connectivity index (χ1n) is 7.65. The van der Waals surface area contributed by atoms with Crippen molar-refractivity contribution < 1.29 is 9.53 Å². The average molecular weight is 374 g/mol. The first kappa shape index (κ1) is 17.3. The van der Waals surface area contributed by atoms with E-state index in [0.29, 0.717) is 6.61 Å². The fraction of sp³-hybridized carbons (Fsp3) is 0.211. The second-order valence-corrected chi connectivity index (χ2v) is 5.98. The van der Waals surface area contributed by atoms with Gasteiger partial charge in [0, 0.05) is 21.8 Å². The van der Waals surface area contributed by atoms with Crippen LogP contribution >= 0.6 is 15.9 Å². The highest BCUT2D eigenvalue weighted by molar-refractivity contribution is 9.10. The number of amides is 1. The number of para-hydroxylation sites is 1. The number of nitrogens with one attached hydrogen (secondary N) is 1. The maximum Gasteiger partial charge on any atom is 0.248 e. The number of benzene rings is 2. The van der Waals surface area contributed by atoms with Gasteiger partial charge in [-0.3, -0.25) is 4.79 Å². The third-order valence-corrected chi connectivity index (χ3v) is 3.73. The molecule has 0 heterocycles. The Kier molecular flexibility index (Phi) is 6.88. The summed E-state index contributed by atoms with van der Waals surface area (Å²) in [4.78, 5) is 12.0. The van der Waals surface area contributed by atoms with E-state index >= 15 is 0 Å². The molecule has 0 aliphatic rings. The van der Waals surface area contributed by atoms with Gasteiger partial charge in [-0.05, 0) is 42.8 Å². The number of ether oxygens (including phenoxy) is 1. The molecule has 0 spiro atoms. The van der Waals surface area contributed by atoms with Gasteiger partial charge in [0.25, 0.3) is 0 Å². The molecule has 0 aromatic heterocycles. The fourth-order valence-electron chi connectivity index (χ4n) is 1.96. The Hall–Kier alpha value is -2.07. The van der Waals surface area contributed by atoms with E-state index in [1.54, 1.807) is 6.08 Å². The van der Waals surface area contributed by atoms with Gasteiger partial charge in [0.15, 0.2) is 0 Å². The Morgan fingerprint density at radius 1 is 1.17 bits per heavy atom. The van der Waals surface area contributed by atoms with Crippen LogP contribution in [0, 0.1) is 0 Å². The highest BCUT2D eigenvalue weighted by Gasteiger charge is 2.01. The smallest absolute Gasteiger partial charge is 0.248 e. The molecule has 0 unspecified atom stereocenters. The van der Waals surface area contributed by atoms with E-state index in [0.717, 1.165) is 34.3 Å². The number of rotatable bonds is 7. The number of carbonyl (C=O) groups is 1. The maximum atomic E-state index is 12.0. The number of anilines is 1. The van der Waals surface area contributed by atoms with Gasteiger partial charge in [-0.1, -0.05) is 47.5 Å². The SMILES string of the molecule is CCCCOc1ccccc1C=CC(=O)Nc1ccc(Br)cc1. The molecule has 0 aliphatic carbocycles. The molecule has 3 nitrogen and oxygen atoms in total. The van der Waals surface area contributed by atoms with Crippen molar-refractivity contribution in [2.24, 2.45) is 0 Å². The largest absolute Gasteiger partial charge is 0.493 e. The van der Waals surface area contributed by atoms with Crippen molar-refractivity contribution >= 4 is 33.6 Å². The molecule has 4 heteroatoms. The second kappa shape index (κ2) is 9.16. The van der Waals surface area contributed by atoms with Crippen molar-refractivity contribution in [2.75, 3.05) is 11.9 Å². The summed E-state index contributed by atoms with van der Waals surface area (Å²) < 4.78 is 6.73. The number of carbonyl (C=O) groups excluding carboxylic acids is 1. The van der Waals surface area contributed by atoms with Crippen LogP contribution in [0.4, 0.5) is 5.69 Å². The lowest BCUT2D eigenvalue weighted by Crippen LogP contribution is -2.07. The first-order valence-corrected chi connectivity index (χ1v) is 8.45. The highest BCUT2D eigenvalue weighted by atomic mass is 79.9. The number of hydrogen-bond acceptors (Lipinski definition) is 2. The van der Waals surface area contributed by atoms with Crippen LogP contribution in [0.25, 0.3) is 6.08 Å². The molecule has 0 aliphatic heterocycles. The summed E-state index contributed by atoms with van der Waals surface area (Å²) in [6.45, 7) is 2.81. The summed E-state index contributed by atoms with van der Waals surface area (Å²) >= 11 is 3.37. The molecule has 0 fully saturated rings. The number of unbranched alkanes of at least 4 members (excludes halogenated alkanes) is 1.